The van der Waals surface area contributed by atoms with E-state index in [4.69, 9.17) is 20.0 Å². The van der Waals surface area contributed by atoms with Crippen LogP contribution in [0.2, 0.25) is 0 Å². The maximum atomic E-state index is 8.98. The van der Waals surface area contributed by atoms with Crippen LogP contribution >= 0.6 is 0 Å². The van der Waals surface area contributed by atoms with Crippen molar-refractivity contribution in [2.45, 2.75) is 13.0 Å². The van der Waals surface area contributed by atoms with Crippen molar-refractivity contribution in [3.05, 3.63) is 29.3 Å². The molecule has 0 aromatic heterocycles. The van der Waals surface area contributed by atoms with E-state index in [1.54, 1.807) is 26.4 Å². The zero-order valence-corrected chi connectivity index (χ0v) is 11.9. The number of methoxy groups -OCH3 is 2. The van der Waals surface area contributed by atoms with E-state index < -0.39 is 0 Å². The van der Waals surface area contributed by atoms with Crippen LogP contribution in [-0.4, -0.2) is 38.8 Å². The molecule has 0 amide bonds. The molecule has 0 aliphatic heterocycles. The van der Waals surface area contributed by atoms with Crippen LogP contribution < -0.4 is 4.74 Å². The molecule has 0 radical (unpaired) electrons. The molecule has 5 heteroatoms. The number of hydrogen-bond donors (Lipinski definition) is 0. The number of benzene rings is 1. The van der Waals surface area contributed by atoms with Crippen LogP contribution in [0.1, 0.15) is 17.5 Å². The van der Waals surface area contributed by atoms with E-state index in [1.165, 1.54) is 0 Å². The van der Waals surface area contributed by atoms with Crippen molar-refractivity contribution in [2.24, 2.45) is 0 Å². The summed E-state index contributed by atoms with van der Waals surface area (Å²) in [5.41, 5.74) is 1.55. The number of hydrogen-bond acceptors (Lipinski definition) is 5. The van der Waals surface area contributed by atoms with Gasteiger partial charge in [0.05, 0.1) is 31.4 Å². The monoisotopic (exact) mass is 273 g/mol. The van der Waals surface area contributed by atoms with E-state index in [2.05, 4.69) is 17.0 Å². The topological polar surface area (TPSA) is 69.3 Å². The number of nitriles is 2. The highest BCUT2D eigenvalue weighted by Gasteiger charge is 2.10. The van der Waals surface area contributed by atoms with E-state index in [-0.39, 0.29) is 0 Å². The second-order valence-electron chi connectivity index (χ2n) is 4.32. The van der Waals surface area contributed by atoms with Crippen molar-refractivity contribution in [1.82, 2.24) is 4.90 Å². The lowest BCUT2D eigenvalue weighted by atomic mass is 10.1. The third kappa shape index (κ3) is 4.89. The Hall–Kier alpha value is -2.08. The smallest absolute Gasteiger partial charge is 0.123 e. The molecule has 106 valence electrons. The molecule has 0 heterocycles. The molecule has 0 atom stereocenters. The second kappa shape index (κ2) is 8.92. The summed E-state index contributed by atoms with van der Waals surface area (Å²) in [6.07, 6.45) is 0.462. The van der Waals surface area contributed by atoms with Gasteiger partial charge in [0.1, 0.15) is 5.75 Å². The first-order chi connectivity index (χ1) is 9.74. The van der Waals surface area contributed by atoms with Gasteiger partial charge < -0.3 is 9.47 Å². The molecule has 0 saturated carbocycles. The maximum absolute atomic E-state index is 8.98. The van der Waals surface area contributed by atoms with Gasteiger partial charge in [0.15, 0.2) is 0 Å². The predicted octanol–water partition coefficient (Wildman–Crippen LogP) is 1.93. The van der Waals surface area contributed by atoms with Gasteiger partial charge in [0.25, 0.3) is 0 Å². The van der Waals surface area contributed by atoms with Gasteiger partial charge in [0.2, 0.25) is 0 Å². The third-order valence-electron chi connectivity index (χ3n) is 2.95. The minimum Gasteiger partial charge on any atom is -0.496 e. The summed E-state index contributed by atoms with van der Waals surface area (Å²) in [5.74, 6) is 0.753. The molecule has 0 spiro atoms. The van der Waals surface area contributed by atoms with Gasteiger partial charge in [-0.1, -0.05) is 0 Å². The highest BCUT2D eigenvalue weighted by atomic mass is 16.5. The normalized spacial score (nSPS) is 10.1. The molecule has 0 bridgehead atoms. The molecule has 0 saturated heterocycles. The first kappa shape index (κ1) is 16.0. The van der Waals surface area contributed by atoms with Crippen molar-refractivity contribution >= 4 is 0 Å². The quantitative estimate of drug-likeness (QED) is 0.724. The highest BCUT2D eigenvalue weighted by molar-refractivity contribution is 5.42. The van der Waals surface area contributed by atoms with E-state index in [1.807, 2.05) is 6.07 Å². The Balaban J connectivity index is 2.85. The van der Waals surface area contributed by atoms with Gasteiger partial charge in [-0.15, -0.1) is 0 Å². The van der Waals surface area contributed by atoms with Crippen molar-refractivity contribution < 1.29 is 9.47 Å². The Kier molecular flexibility index (Phi) is 7.13. The fraction of sp³-hybridized carbons (Fsp3) is 0.467. The summed E-state index contributed by atoms with van der Waals surface area (Å²) in [7, 11) is 3.26. The molecular weight excluding hydrogens is 254 g/mol. The molecule has 0 unspecified atom stereocenters. The zero-order chi connectivity index (χ0) is 14.8. The van der Waals surface area contributed by atoms with Crippen LogP contribution in [0.5, 0.6) is 5.75 Å². The molecule has 1 aromatic rings. The number of nitrogens with zero attached hydrogens (tertiary/aromatic N) is 3. The molecule has 0 fully saturated rings. The lowest BCUT2D eigenvalue weighted by Gasteiger charge is -2.22. The number of ether oxygens (including phenoxy) is 2. The maximum Gasteiger partial charge on any atom is 0.123 e. The van der Waals surface area contributed by atoms with Crippen molar-refractivity contribution in [1.29, 1.82) is 10.5 Å². The molecule has 20 heavy (non-hydrogen) atoms. The Morgan fingerprint density at radius 1 is 1.20 bits per heavy atom. The average molecular weight is 273 g/mol. The first-order valence-electron chi connectivity index (χ1n) is 6.40. The van der Waals surface area contributed by atoms with Gasteiger partial charge in [-0.05, 0) is 18.2 Å². The summed E-state index contributed by atoms with van der Waals surface area (Å²) in [5, 5.41) is 17.7. The van der Waals surface area contributed by atoms with Crippen molar-refractivity contribution in [3.63, 3.8) is 0 Å². The van der Waals surface area contributed by atoms with Gasteiger partial charge in [0, 0.05) is 38.7 Å². The molecule has 0 aliphatic carbocycles. The standard InChI is InChI=1S/C15H19N3O2/c1-19-9-8-18(7-3-6-16)12-14-10-13(11-17)4-5-15(14)20-2/h4-5,10H,3,7-9,12H2,1-2H3. The molecular formula is C15H19N3O2. The van der Waals surface area contributed by atoms with Crippen molar-refractivity contribution in [2.75, 3.05) is 33.9 Å². The molecule has 0 N–H and O–H groups in total. The van der Waals surface area contributed by atoms with Crippen LogP contribution in [-0.2, 0) is 11.3 Å². The SMILES string of the molecule is COCCN(CCC#N)Cc1cc(C#N)ccc1OC. The minimum atomic E-state index is 0.462. The fourth-order valence-corrected chi connectivity index (χ4v) is 1.91. The summed E-state index contributed by atoms with van der Waals surface area (Å²) < 4.78 is 10.4. The molecule has 1 aromatic carbocycles. The van der Waals surface area contributed by atoms with Crippen LogP contribution in [0.25, 0.3) is 0 Å². The second-order valence-corrected chi connectivity index (χ2v) is 4.32. The Bertz CT molecular complexity index is 503. The van der Waals surface area contributed by atoms with Gasteiger partial charge >= 0.3 is 0 Å². The average Bonchev–Trinajstić information content (AvgIpc) is 2.49. The molecule has 5 nitrogen and oxygen atoms in total. The summed E-state index contributed by atoms with van der Waals surface area (Å²) in [4.78, 5) is 2.12. The van der Waals surface area contributed by atoms with Crippen LogP contribution in [0, 0.1) is 22.7 Å². The van der Waals surface area contributed by atoms with E-state index in [0.717, 1.165) is 17.9 Å². The zero-order valence-electron chi connectivity index (χ0n) is 11.9. The van der Waals surface area contributed by atoms with Crippen LogP contribution in [0.4, 0.5) is 0 Å². The highest BCUT2D eigenvalue weighted by Crippen LogP contribution is 2.21. The fourth-order valence-electron chi connectivity index (χ4n) is 1.91. The van der Waals surface area contributed by atoms with Crippen LogP contribution in [0.15, 0.2) is 18.2 Å². The van der Waals surface area contributed by atoms with Crippen LogP contribution in [0.3, 0.4) is 0 Å². The largest absolute Gasteiger partial charge is 0.496 e. The Morgan fingerprint density at radius 2 is 2.00 bits per heavy atom. The lowest BCUT2D eigenvalue weighted by Crippen LogP contribution is -2.28. The summed E-state index contributed by atoms with van der Waals surface area (Å²) in [6, 6.07) is 9.63. The van der Waals surface area contributed by atoms with Gasteiger partial charge in [-0.25, -0.2) is 0 Å². The Morgan fingerprint density at radius 3 is 2.60 bits per heavy atom. The minimum absolute atomic E-state index is 0.462. The third-order valence-corrected chi connectivity index (χ3v) is 2.95. The van der Waals surface area contributed by atoms with E-state index >= 15 is 0 Å². The Labute approximate surface area is 119 Å². The summed E-state index contributed by atoms with van der Waals surface area (Å²) >= 11 is 0. The lowest BCUT2D eigenvalue weighted by molar-refractivity contribution is 0.145. The van der Waals surface area contributed by atoms with E-state index in [9.17, 15) is 0 Å². The van der Waals surface area contributed by atoms with Crippen molar-refractivity contribution in [3.8, 4) is 17.9 Å². The molecule has 1 rings (SSSR count). The predicted molar refractivity (Wildman–Crippen MR) is 75.1 cm³/mol. The first-order valence-corrected chi connectivity index (χ1v) is 6.40. The molecule has 0 aliphatic rings. The number of rotatable bonds is 8. The van der Waals surface area contributed by atoms with Gasteiger partial charge in [-0.2, -0.15) is 10.5 Å². The van der Waals surface area contributed by atoms with E-state index in [0.29, 0.717) is 31.7 Å². The summed E-state index contributed by atoms with van der Waals surface area (Å²) in [6.45, 7) is 2.63. The van der Waals surface area contributed by atoms with Gasteiger partial charge in [-0.3, -0.25) is 4.90 Å².